The summed E-state index contributed by atoms with van der Waals surface area (Å²) >= 11 is 0. The standard InChI is InChI=1S/C17H27N3O/c1-2-20-11-13(10-19-20)9-17(12-18-15-5-6-15)7-8-21-16(17)14-3-4-14/h10-11,14-16,18H,2-9,12H2,1H3. The van der Waals surface area contributed by atoms with E-state index in [1.807, 2.05) is 4.68 Å². The minimum absolute atomic E-state index is 0.297. The first-order chi connectivity index (χ1) is 10.3. The molecule has 0 amide bonds. The van der Waals surface area contributed by atoms with Gasteiger partial charge >= 0.3 is 0 Å². The first-order valence-corrected chi connectivity index (χ1v) is 8.65. The quantitative estimate of drug-likeness (QED) is 0.837. The van der Waals surface area contributed by atoms with E-state index in [0.29, 0.717) is 11.5 Å². The topological polar surface area (TPSA) is 39.1 Å². The summed E-state index contributed by atoms with van der Waals surface area (Å²) in [6.45, 7) is 5.16. The van der Waals surface area contributed by atoms with E-state index in [2.05, 4.69) is 29.7 Å². The molecule has 2 atom stereocenters. The van der Waals surface area contributed by atoms with Crippen molar-refractivity contribution in [3.8, 4) is 0 Å². The van der Waals surface area contributed by atoms with Crippen LogP contribution in [0.25, 0.3) is 0 Å². The maximum atomic E-state index is 6.18. The molecule has 2 saturated carbocycles. The third-order valence-corrected chi connectivity index (χ3v) is 5.44. The number of aromatic nitrogens is 2. The van der Waals surface area contributed by atoms with Crippen LogP contribution in [0.3, 0.4) is 0 Å². The van der Waals surface area contributed by atoms with Crippen molar-refractivity contribution in [2.24, 2.45) is 11.3 Å². The molecule has 116 valence electrons. The van der Waals surface area contributed by atoms with Crippen LogP contribution in [0, 0.1) is 11.3 Å². The molecule has 4 nitrogen and oxygen atoms in total. The van der Waals surface area contributed by atoms with Gasteiger partial charge in [0, 0.05) is 37.4 Å². The Labute approximate surface area is 127 Å². The van der Waals surface area contributed by atoms with Crippen molar-refractivity contribution >= 4 is 0 Å². The second kappa shape index (κ2) is 5.40. The fourth-order valence-electron chi connectivity index (χ4n) is 3.90. The monoisotopic (exact) mass is 289 g/mol. The number of nitrogens with one attached hydrogen (secondary N) is 1. The van der Waals surface area contributed by atoms with Gasteiger partial charge < -0.3 is 10.1 Å². The molecule has 21 heavy (non-hydrogen) atoms. The van der Waals surface area contributed by atoms with Crippen LogP contribution in [0.15, 0.2) is 12.4 Å². The number of nitrogens with zero attached hydrogens (tertiary/aromatic N) is 2. The Morgan fingerprint density at radius 1 is 1.38 bits per heavy atom. The van der Waals surface area contributed by atoms with Crippen molar-refractivity contribution in [2.45, 2.75) is 64.1 Å². The van der Waals surface area contributed by atoms with E-state index in [9.17, 15) is 0 Å². The highest BCUT2D eigenvalue weighted by molar-refractivity contribution is 5.13. The fourth-order valence-corrected chi connectivity index (χ4v) is 3.90. The summed E-state index contributed by atoms with van der Waals surface area (Å²) in [7, 11) is 0. The Bertz CT molecular complexity index is 492. The van der Waals surface area contributed by atoms with Crippen molar-refractivity contribution < 1.29 is 4.74 Å². The molecular weight excluding hydrogens is 262 g/mol. The average Bonchev–Trinajstić information content (AvgIpc) is 3.42. The van der Waals surface area contributed by atoms with Crippen molar-refractivity contribution in [3.05, 3.63) is 18.0 Å². The normalized spacial score (nSPS) is 32.7. The van der Waals surface area contributed by atoms with Crippen LogP contribution >= 0.6 is 0 Å². The van der Waals surface area contributed by atoms with Crippen LogP contribution in [0.2, 0.25) is 0 Å². The van der Waals surface area contributed by atoms with Crippen molar-refractivity contribution in [1.29, 1.82) is 0 Å². The van der Waals surface area contributed by atoms with Gasteiger partial charge in [0.1, 0.15) is 0 Å². The zero-order valence-corrected chi connectivity index (χ0v) is 13.1. The van der Waals surface area contributed by atoms with Gasteiger partial charge in [0.2, 0.25) is 0 Å². The molecule has 1 aliphatic heterocycles. The largest absolute Gasteiger partial charge is 0.377 e. The molecular formula is C17H27N3O. The third-order valence-electron chi connectivity index (χ3n) is 5.44. The number of aryl methyl sites for hydroxylation is 1. The molecule has 1 saturated heterocycles. The lowest BCUT2D eigenvalue weighted by Gasteiger charge is -2.34. The smallest absolute Gasteiger partial charge is 0.0675 e. The van der Waals surface area contributed by atoms with Gasteiger partial charge in [-0.25, -0.2) is 0 Å². The van der Waals surface area contributed by atoms with Gasteiger partial charge in [-0.3, -0.25) is 4.68 Å². The molecule has 2 heterocycles. The summed E-state index contributed by atoms with van der Waals surface area (Å²) in [5.74, 6) is 0.815. The lowest BCUT2D eigenvalue weighted by atomic mass is 9.74. The Morgan fingerprint density at radius 3 is 2.90 bits per heavy atom. The van der Waals surface area contributed by atoms with Crippen LogP contribution in [0.4, 0.5) is 0 Å². The number of ether oxygens (including phenoxy) is 1. The van der Waals surface area contributed by atoms with Crippen LogP contribution in [-0.4, -0.2) is 35.1 Å². The molecule has 1 N–H and O–H groups in total. The van der Waals surface area contributed by atoms with Gasteiger partial charge in [0.15, 0.2) is 0 Å². The van der Waals surface area contributed by atoms with Crippen LogP contribution in [-0.2, 0) is 17.7 Å². The van der Waals surface area contributed by atoms with E-state index < -0.39 is 0 Å². The zero-order chi connectivity index (χ0) is 14.3. The summed E-state index contributed by atoms with van der Waals surface area (Å²) in [6, 6.07) is 0.778. The van der Waals surface area contributed by atoms with Gasteiger partial charge in [0.05, 0.1) is 12.3 Å². The number of hydrogen-bond donors (Lipinski definition) is 1. The summed E-state index contributed by atoms with van der Waals surface area (Å²) in [5, 5.41) is 8.24. The highest BCUT2D eigenvalue weighted by Crippen LogP contribution is 2.49. The molecule has 0 radical (unpaired) electrons. The summed E-state index contributed by atoms with van der Waals surface area (Å²) < 4.78 is 8.22. The third kappa shape index (κ3) is 2.88. The zero-order valence-electron chi connectivity index (χ0n) is 13.1. The van der Waals surface area contributed by atoms with E-state index in [-0.39, 0.29) is 0 Å². The average molecular weight is 289 g/mol. The van der Waals surface area contributed by atoms with Crippen molar-refractivity contribution in [2.75, 3.05) is 13.2 Å². The van der Waals surface area contributed by atoms with Gasteiger partial charge in [-0.1, -0.05) is 0 Å². The molecule has 1 aromatic rings. The van der Waals surface area contributed by atoms with Gasteiger partial charge in [-0.15, -0.1) is 0 Å². The second-order valence-electron chi connectivity index (χ2n) is 7.28. The molecule has 2 aliphatic carbocycles. The Balaban J connectivity index is 1.52. The SMILES string of the molecule is CCn1cc(CC2(CNC3CC3)CCOC2C2CC2)cn1. The van der Waals surface area contributed by atoms with E-state index >= 15 is 0 Å². The lowest BCUT2D eigenvalue weighted by molar-refractivity contribution is 0.0304. The second-order valence-corrected chi connectivity index (χ2v) is 7.28. The Kier molecular flexibility index (Phi) is 3.54. The van der Waals surface area contributed by atoms with Gasteiger partial charge in [-0.2, -0.15) is 5.10 Å². The highest BCUT2D eigenvalue weighted by Gasteiger charge is 2.51. The molecule has 4 heteroatoms. The first-order valence-electron chi connectivity index (χ1n) is 8.65. The van der Waals surface area contributed by atoms with Gasteiger partial charge in [-0.05, 0) is 56.9 Å². The summed E-state index contributed by atoms with van der Waals surface area (Å²) in [4.78, 5) is 0. The maximum absolute atomic E-state index is 6.18. The van der Waals surface area contributed by atoms with Crippen molar-refractivity contribution in [3.63, 3.8) is 0 Å². The highest BCUT2D eigenvalue weighted by atomic mass is 16.5. The van der Waals surface area contributed by atoms with Crippen LogP contribution < -0.4 is 5.32 Å². The Morgan fingerprint density at radius 2 is 2.24 bits per heavy atom. The Hall–Kier alpha value is -0.870. The van der Waals surface area contributed by atoms with E-state index in [0.717, 1.165) is 38.1 Å². The molecule has 3 fully saturated rings. The minimum atomic E-state index is 0.297. The number of rotatable bonds is 7. The molecule has 0 spiro atoms. The lowest BCUT2D eigenvalue weighted by Crippen LogP contribution is -2.44. The molecule has 1 aromatic heterocycles. The number of hydrogen-bond acceptors (Lipinski definition) is 3. The minimum Gasteiger partial charge on any atom is -0.377 e. The van der Waals surface area contributed by atoms with E-state index in [1.54, 1.807) is 0 Å². The first kappa shape index (κ1) is 13.8. The summed E-state index contributed by atoms with van der Waals surface area (Å²) in [6.07, 6.45) is 12.5. The maximum Gasteiger partial charge on any atom is 0.0675 e. The fraction of sp³-hybridized carbons (Fsp3) is 0.824. The van der Waals surface area contributed by atoms with Crippen LogP contribution in [0.5, 0.6) is 0 Å². The van der Waals surface area contributed by atoms with Crippen LogP contribution in [0.1, 0.15) is 44.6 Å². The van der Waals surface area contributed by atoms with E-state index in [1.165, 1.54) is 37.7 Å². The predicted molar refractivity (Wildman–Crippen MR) is 82.1 cm³/mol. The molecule has 2 unspecified atom stereocenters. The van der Waals surface area contributed by atoms with E-state index in [4.69, 9.17) is 4.74 Å². The molecule has 0 aromatic carbocycles. The molecule has 4 rings (SSSR count). The molecule has 0 bridgehead atoms. The molecule has 3 aliphatic rings. The van der Waals surface area contributed by atoms with Gasteiger partial charge in [0.25, 0.3) is 0 Å². The predicted octanol–water partition coefficient (Wildman–Crippen LogP) is 2.38. The van der Waals surface area contributed by atoms with Crippen molar-refractivity contribution in [1.82, 2.24) is 15.1 Å². The summed E-state index contributed by atoms with van der Waals surface area (Å²) in [5.41, 5.74) is 1.68.